The number of ether oxygens (including phenoxy) is 1. The standard InChI is InChI=1S/C24H27N3O4/c1-16-9-11-19(12-10-16)24(3)22(29)27(23(30)25-24)15-21(28)26-13-17(2)31-20(14-26)18-7-5-4-6-8-18/h4-12,17,20H,13-15H2,1-3H3,(H,25,30)/t17-,20+,24-/m0/s1. The topological polar surface area (TPSA) is 79.0 Å². The first kappa shape index (κ1) is 21.1. The quantitative estimate of drug-likeness (QED) is 0.770. The number of hydrogen-bond donors (Lipinski definition) is 1. The van der Waals surface area contributed by atoms with Crippen molar-refractivity contribution >= 4 is 17.8 Å². The Morgan fingerprint density at radius 3 is 2.45 bits per heavy atom. The highest BCUT2D eigenvalue weighted by Crippen LogP contribution is 2.30. The summed E-state index contributed by atoms with van der Waals surface area (Å²) in [5, 5.41) is 2.76. The molecule has 0 spiro atoms. The Morgan fingerprint density at radius 2 is 1.77 bits per heavy atom. The van der Waals surface area contributed by atoms with Crippen LogP contribution in [-0.4, -0.2) is 53.4 Å². The fourth-order valence-electron chi connectivity index (χ4n) is 4.17. The van der Waals surface area contributed by atoms with Crippen LogP contribution in [-0.2, 0) is 19.9 Å². The lowest BCUT2D eigenvalue weighted by Crippen LogP contribution is -2.50. The molecule has 3 atom stereocenters. The van der Waals surface area contributed by atoms with Gasteiger partial charge in [-0.2, -0.15) is 0 Å². The van der Waals surface area contributed by atoms with Gasteiger partial charge in [-0.3, -0.25) is 14.5 Å². The maximum Gasteiger partial charge on any atom is 0.325 e. The lowest BCUT2D eigenvalue weighted by molar-refractivity contribution is -0.148. The average molecular weight is 421 g/mol. The number of benzene rings is 2. The van der Waals surface area contributed by atoms with Gasteiger partial charge in [-0.1, -0.05) is 60.2 Å². The van der Waals surface area contributed by atoms with Crippen LogP contribution in [0.1, 0.15) is 36.6 Å². The van der Waals surface area contributed by atoms with Crippen molar-refractivity contribution in [1.29, 1.82) is 0 Å². The number of morpholine rings is 1. The van der Waals surface area contributed by atoms with Gasteiger partial charge in [0.25, 0.3) is 5.91 Å². The van der Waals surface area contributed by atoms with E-state index in [1.807, 2.05) is 68.4 Å². The van der Waals surface area contributed by atoms with Crippen LogP contribution >= 0.6 is 0 Å². The normalized spacial score (nSPS) is 26.2. The van der Waals surface area contributed by atoms with Crippen molar-refractivity contribution in [3.05, 3.63) is 71.3 Å². The summed E-state index contributed by atoms with van der Waals surface area (Å²) in [6.07, 6.45) is -0.390. The predicted octanol–water partition coefficient (Wildman–Crippen LogP) is 2.75. The number of urea groups is 1. The van der Waals surface area contributed by atoms with E-state index in [1.54, 1.807) is 11.8 Å². The van der Waals surface area contributed by atoms with Gasteiger partial charge in [-0.25, -0.2) is 4.79 Å². The minimum Gasteiger partial charge on any atom is -0.367 e. The summed E-state index contributed by atoms with van der Waals surface area (Å²) in [5.41, 5.74) is 1.56. The third kappa shape index (κ3) is 4.05. The zero-order chi connectivity index (χ0) is 22.2. The summed E-state index contributed by atoms with van der Waals surface area (Å²) < 4.78 is 6.01. The summed E-state index contributed by atoms with van der Waals surface area (Å²) in [6.45, 7) is 6.05. The number of hydrogen-bond acceptors (Lipinski definition) is 4. The van der Waals surface area contributed by atoms with E-state index in [0.29, 0.717) is 18.7 Å². The van der Waals surface area contributed by atoms with E-state index in [1.165, 1.54) is 0 Å². The largest absolute Gasteiger partial charge is 0.367 e. The molecule has 4 rings (SSSR count). The van der Waals surface area contributed by atoms with E-state index in [2.05, 4.69) is 5.32 Å². The number of imide groups is 1. The minimum absolute atomic E-state index is 0.149. The van der Waals surface area contributed by atoms with Gasteiger partial charge < -0.3 is 15.0 Å². The molecule has 2 saturated heterocycles. The molecule has 2 heterocycles. The highest BCUT2D eigenvalue weighted by molar-refractivity contribution is 6.09. The van der Waals surface area contributed by atoms with Gasteiger partial charge in [0.05, 0.1) is 12.6 Å². The molecular weight excluding hydrogens is 394 g/mol. The van der Waals surface area contributed by atoms with Crippen LogP contribution in [0.3, 0.4) is 0 Å². The zero-order valence-electron chi connectivity index (χ0n) is 18.0. The van der Waals surface area contributed by atoms with Gasteiger partial charge >= 0.3 is 6.03 Å². The lowest BCUT2D eigenvalue weighted by Gasteiger charge is -2.37. The molecule has 2 aromatic carbocycles. The molecule has 0 bridgehead atoms. The summed E-state index contributed by atoms with van der Waals surface area (Å²) >= 11 is 0. The zero-order valence-corrected chi connectivity index (χ0v) is 18.0. The Balaban J connectivity index is 1.48. The third-order valence-electron chi connectivity index (χ3n) is 5.98. The maximum absolute atomic E-state index is 13.1. The van der Waals surface area contributed by atoms with E-state index in [-0.39, 0.29) is 24.7 Å². The van der Waals surface area contributed by atoms with Crippen molar-refractivity contribution in [3.63, 3.8) is 0 Å². The first-order chi connectivity index (χ1) is 14.8. The van der Waals surface area contributed by atoms with Crippen LogP contribution in [0.15, 0.2) is 54.6 Å². The van der Waals surface area contributed by atoms with Gasteiger partial charge in [0.2, 0.25) is 5.91 Å². The Hall–Kier alpha value is -3.19. The fourth-order valence-corrected chi connectivity index (χ4v) is 4.17. The summed E-state index contributed by atoms with van der Waals surface area (Å²) in [5.74, 6) is -0.691. The highest BCUT2D eigenvalue weighted by atomic mass is 16.5. The molecule has 1 N–H and O–H groups in total. The molecule has 0 aliphatic carbocycles. The molecule has 2 aliphatic heterocycles. The van der Waals surface area contributed by atoms with Gasteiger partial charge in [0, 0.05) is 6.54 Å². The molecule has 31 heavy (non-hydrogen) atoms. The van der Waals surface area contributed by atoms with Crippen LogP contribution < -0.4 is 5.32 Å². The van der Waals surface area contributed by atoms with E-state index in [4.69, 9.17) is 4.74 Å². The minimum atomic E-state index is -1.18. The number of aryl methyl sites for hydroxylation is 1. The molecule has 0 aromatic heterocycles. The van der Waals surface area contributed by atoms with E-state index in [0.717, 1.165) is 16.0 Å². The van der Waals surface area contributed by atoms with Crippen molar-refractivity contribution in [2.75, 3.05) is 19.6 Å². The molecule has 0 saturated carbocycles. The first-order valence-electron chi connectivity index (χ1n) is 10.5. The van der Waals surface area contributed by atoms with Crippen LogP contribution in [0.25, 0.3) is 0 Å². The second-order valence-electron chi connectivity index (χ2n) is 8.46. The van der Waals surface area contributed by atoms with Crippen LogP contribution in [0.4, 0.5) is 4.79 Å². The highest BCUT2D eigenvalue weighted by Gasteiger charge is 2.49. The number of rotatable bonds is 4. The van der Waals surface area contributed by atoms with Gasteiger partial charge in [-0.05, 0) is 31.9 Å². The van der Waals surface area contributed by atoms with Crippen LogP contribution in [0.2, 0.25) is 0 Å². The predicted molar refractivity (Wildman–Crippen MR) is 115 cm³/mol. The SMILES string of the molecule is Cc1ccc([C@]2(C)NC(=O)N(CC(=O)N3C[C@H](C)O[C@@H](c4ccccc4)C3)C2=O)cc1. The molecule has 0 radical (unpaired) electrons. The van der Waals surface area contributed by atoms with Gasteiger partial charge in [0.1, 0.15) is 18.2 Å². The smallest absolute Gasteiger partial charge is 0.325 e. The lowest BCUT2D eigenvalue weighted by atomic mass is 9.91. The van der Waals surface area contributed by atoms with Crippen molar-refractivity contribution in [2.45, 2.75) is 38.5 Å². The van der Waals surface area contributed by atoms with E-state index < -0.39 is 17.5 Å². The summed E-state index contributed by atoms with van der Waals surface area (Å²) in [6, 6.07) is 16.6. The maximum atomic E-state index is 13.1. The van der Waals surface area contributed by atoms with Gasteiger partial charge in [0.15, 0.2) is 0 Å². The molecule has 7 nitrogen and oxygen atoms in total. The van der Waals surface area contributed by atoms with Crippen LogP contribution in [0, 0.1) is 6.92 Å². The Morgan fingerprint density at radius 1 is 1.10 bits per heavy atom. The molecule has 2 aliphatic rings. The van der Waals surface area contributed by atoms with Crippen molar-refractivity contribution in [2.24, 2.45) is 0 Å². The van der Waals surface area contributed by atoms with Crippen molar-refractivity contribution in [1.82, 2.24) is 15.1 Å². The molecule has 4 amide bonds. The molecule has 0 unspecified atom stereocenters. The average Bonchev–Trinajstić information content (AvgIpc) is 2.98. The monoisotopic (exact) mass is 421 g/mol. The Labute approximate surface area is 182 Å². The second kappa shape index (κ2) is 8.15. The number of carbonyl (C=O) groups is 3. The third-order valence-corrected chi connectivity index (χ3v) is 5.98. The molecule has 162 valence electrons. The number of carbonyl (C=O) groups excluding carboxylic acids is 3. The van der Waals surface area contributed by atoms with E-state index in [9.17, 15) is 14.4 Å². The second-order valence-corrected chi connectivity index (χ2v) is 8.46. The number of nitrogens with zero attached hydrogens (tertiary/aromatic N) is 2. The van der Waals surface area contributed by atoms with Crippen molar-refractivity contribution in [3.8, 4) is 0 Å². The fraction of sp³-hybridized carbons (Fsp3) is 0.375. The van der Waals surface area contributed by atoms with Gasteiger partial charge in [-0.15, -0.1) is 0 Å². The first-order valence-corrected chi connectivity index (χ1v) is 10.5. The molecule has 7 heteroatoms. The summed E-state index contributed by atoms with van der Waals surface area (Å²) in [4.78, 5) is 41.5. The molecule has 2 aromatic rings. The Bertz CT molecular complexity index is 992. The molecular formula is C24H27N3O4. The van der Waals surface area contributed by atoms with E-state index >= 15 is 0 Å². The Kier molecular flexibility index (Phi) is 5.54. The summed E-state index contributed by atoms with van der Waals surface area (Å²) in [7, 11) is 0. The van der Waals surface area contributed by atoms with Crippen molar-refractivity contribution < 1.29 is 19.1 Å². The number of amides is 4. The molecule has 2 fully saturated rings. The van der Waals surface area contributed by atoms with Crippen LogP contribution in [0.5, 0.6) is 0 Å². The number of nitrogens with one attached hydrogen (secondary N) is 1.